The van der Waals surface area contributed by atoms with E-state index in [1.54, 1.807) is 6.07 Å². The smallest absolute Gasteiger partial charge is 0.195 e. The summed E-state index contributed by atoms with van der Waals surface area (Å²) in [4.78, 5) is 14.2. The number of carbonyl (C=O) groups is 1. The van der Waals surface area contributed by atoms with Gasteiger partial charge in [-0.1, -0.05) is 56.2 Å². The van der Waals surface area contributed by atoms with Crippen LogP contribution < -0.4 is 10.1 Å². The van der Waals surface area contributed by atoms with Crippen LogP contribution >= 0.6 is 12.6 Å². The van der Waals surface area contributed by atoms with Crippen LogP contribution in [0.2, 0.25) is 0 Å². The van der Waals surface area contributed by atoms with E-state index in [0.717, 1.165) is 16.1 Å². The second-order valence-electron chi connectivity index (χ2n) is 7.33. The molecule has 0 saturated carbocycles. The fourth-order valence-electron chi connectivity index (χ4n) is 3.12. The predicted octanol–water partition coefficient (Wildman–Crippen LogP) is 5.95. The lowest BCUT2D eigenvalue weighted by atomic mass is 9.97. The first kappa shape index (κ1) is 21.5. The summed E-state index contributed by atoms with van der Waals surface area (Å²) in [5.74, 6) is 3.36. The molecule has 3 aromatic carbocycles. The van der Waals surface area contributed by atoms with Crippen LogP contribution in [-0.2, 0) is 6.54 Å². The second kappa shape index (κ2) is 10.0. The molecule has 1 N–H and O–H groups in total. The summed E-state index contributed by atoms with van der Waals surface area (Å²) < 4.78 is 5.54. The molecule has 0 bridgehead atoms. The van der Waals surface area contributed by atoms with Crippen molar-refractivity contribution in [2.24, 2.45) is 0 Å². The SMILES string of the molecule is C#CCOc1ccc(NCc2cccc(S)c2)c(C(=O)c2ccc(C(C)C)cc2)c1. The van der Waals surface area contributed by atoms with Crippen LogP contribution in [0.3, 0.4) is 0 Å². The molecule has 0 fully saturated rings. The standard InChI is InChI=1S/C26H25NO2S/c1-4-14-29-22-12-13-25(27-17-19-6-5-7-23(30)15-19)24(16-22)26(28)21-10-8-20(9-11-21)18(2)3/h1,5-13,15-16,18,27,30H,14,17H2,2-3H3. The second-order valence-corrected chi connectivity index (χ2v) is 7.85. The Labute approximate surface area is 183 Å². The first-order chi connectivity index (χ1) is 14.5. The number of terminal acetylenes is 1. The minimum atomic E-state index is -0.0677. The minimum absolute atomic E-state index is 0.0677. The van der Waals surface area contributed by atoms with Gasteiger partial charge in [0.1, 0.15) is 12.4 Å². The molecule has 0 aliphatic carbocycles. The van der Waals surface area contributed by atoms with Gasteiger partial charge in [-0.3, -0.25) is 4.79 Å². The molecule has 0 saturated heterocycles. The molecular weight excluding hydrogens is 390 g/mol. The minimum Gasteiger partial charge on any atom is -0.481 e. The van der Waals surface area contributed by atoms with E-state index in [9.17, 15) is 4.79 Å². The van der Waals surface area contributed by atoms with E-state index in [4.69, 9.17) is 11.2 Å². The van der Waals surface area contributed by atoms with E-state index < -0.39 is 0 Å². The maximum absolute atomic E-state index is 13.3. The largest absolute Gasteiger partial charge is 0.481 e. The number of ether oxygens (including phenoxy) is 1. The number of rotatable bonds is 8. The van der Waals surface area contributed by atoms with Crippen LogP contribution in [-0.4, -0.2) is 12.4 Å². The lowest BCUT2D eigenvalue weighted by Gasteiger charge is -2.14. The number of hydrogen-bond acceptors (Lipinski definition) is 4. The fourth-order valence-corrected chi connectivity index (χ4v) is 3.37. The van der Waals surface area contributed by atoms with Crippen molar-refractivity contribution in [3.05, 3.63) is 89.0 Å². The third kappa shape index (κ3) is 5.46. The molecule has 0 atom stereocenters. The Bertz CT molecular complexity index is 1070. The monoisotopic (exact) mass is 415 g/mol. The first-order valence-corrected chi connectivity index (χ1v) is 10.3. The van der Waals surface area contributed by atoms with Gasteiger partial charge in [-0.25, -0.2) is 0 Å². The van der Waals surface area contributed by atoms with Gasteiger partial charge in [-0.15, -0.1) is 19.1 Å². The summed E-state index contributed by atoms with van der Waals surface area (Å²) in [5.41, 5.74) is 4.20. The molecule has 30 heavy (non-hydrogen) atoms. The average Bonchev–Trinajstić information content (AvgIpc) is 2.76. The molecule has 0 amide bonds. The van der Waals surface area contributed by atoms with Crippen molar-refractivity contribution < 1.29 is 9.53 Å². The highest BCUT2D eigenvalue weighted by molar-refractivity contribution is 7.80. The molecular formula is C26H25NO2S. The van der Waals surface area contributed by atoms with Crippen molar-refractivity contribution in [3.63, 3.8) is 0 Å². The maximum atomic E-state index is 13.3. The molecule has 3 aromatic rings. The van der Waals surface area contributed by atoms with E-state index >= 15 is 0 Å². The van der Waals surface area contributed by atoms with Crippen molar-refractivity contribution >= 4 is 24.1 Å². The summed E-state index contributed by atoms with van der Waals surface area (Å²) in [6.07, 6.45) is 5.30. The van der Waals surface area contributed by atoms with Crippen LogP contribution in [0.1, 0.15) is 46.8 Å². The average molecular weight is 416 g/mol. The molecule has 3 rings (SSSR count). The van der Waals surface area contributed by atoms with Crippen LogP contribution in [0.25, 0.3) is 0 Å². The molecule has 0 aliphatic heterocycles. The van der Waals surface area contributed by atoms with Gasteiger partial charge in [0.25, 0.3) is 0 Å². The molecule has 152 valence electrons. The zero-order valence-corrected chi connectivity index (χ0v) is 18.1. The Kier molecular flexibility index (Phi) is 7.21. The van der Waals surface area contributed by atoms with Crippen molar-refractivity contribution in [3.8, 4) is 18.1 Å². The van der Waals surface area contributed by atoms with Crippen molar-refractivity contribution in [2.75, 3.05) is 11.9 Å². The van der Waals surface area contributed by atoms with Crippen LogP contribution in [0.15, 0.2) is 71.6 Å². The van der Waals surface area contributed by atoms with E-state index in [2.05, 4.69) is 37.7 Å². The van der Waals surface area contributed by atoms with Gasteiger partial charge < -0.3 is 10.1 Å². The third-order valence-corrected chi connectivity index (χ3v) is 5.07. The van der Waals surface area contributed by atoms with Gasteiger partial charge in [0.15, 0.2) is 5.78 Å². The van der Waals surface area contributed by atoms with E-state index in [0.29, 0.717) is 29.3 Å². The van der Waals surface area contributed by atoms with Gasteiger partial charge >= 0.3 is 0 Å². The maximum Gasteiger partial charge on any atom is 0.195 e. The Morgan fingerprint density at radius 2 is 1.87 bits per heavy atom. The number of anilines is 1. The first-order valence-electron chi connectivity index (χ1n) is 9.84. The highest BCUT2D eigenvalue weighted by atomic mass is 32.1. The van der Waals surface area contributed by atoms with Gasteiger partial charge in [-0.2, -0.15) is 0 Å². The summed E-state index contributed by atoms with van der Waals surface area (Å²) in [5, 5.41) is 3.37. The number of thiol groups is 1. The molecule has 0 unspecified atom stereocenters. The van der Waals surface area contributed by atoms with E-state index in [1.807, 2.05) is 60.7 Å². The Balaban J connectivity index is 1.90. The summed E-state index contributed by atoms with van der Waals surface area (Å²) in [6, 6.07) is 21.1. The lowest BCUT2D eigenvalue weighted by molar-refractivity contribution is 0.103. The van der Waals surface area contributed by atoms with Gasteiger partial charge in [0, 0.05) is 28.3 Å². The zero-order chi connectivity index (χ0) is 21.5. The number of carbonyl (C=O) groups excluding carboxylic acids is 1. The summed E-state index contributed by atoms with van der Waals surface area (Å²) >= 11 is 4.39. The number of ketones is 1. The molecule has 0 aromatic heterocycles. The van der Waals surface area contributed by atoms with Crippen LogP contribution in [0.5, 0.6) is 5.75 Å². The normalized spacial score (nSPS) is 10.5. The van der Waals surface area contributed by atoms with Gasteiger partial charge in [0.05, 0.1) is 0 Å². The van der Waals surface area contributed by atoms with E-state index in [1.165, 1.54) is 5.56 Å². The number of benzene rings is 3. The highest BCUT2D eigenvalue weighted by Crippen LogP contribution is 2.26. The molecule has 0 aliphatic rings. The summed E-state index contributed by atoms with van der Waals surface area (Å²) in [7, 11) is 0. The van der Waals surface area contributed by atoms with Crippen molar-refractivity contribution in [1.29, 1.82) is 0 Å². The highest BCUT2D eigenvalue weighted by Gasteiger charge is 2.16. The topological polar surface area (TPSA) is 38.3 Å². The molecule has 0 heterocycles. The van der Waals surface area contributed by atoms with Crippen molar-refractivity contribution in [1.82, 2.24) is 0 Å². The Hall–Kier alpha value is -3.16. The molecule has 4 heteroatoms. The number of nitrogens with one attached hydrogen (secondary N) is 1. The van der Waals surface area contributed by atoms with Gasteiger partial charge in [-0.05, 0) is 47.4 Å². The zero-order valence-electron chi connectivity index (χ0n) is 17.2. The quantitative estimate of drug-likeness (QED) is 0.271. The Morgan fingerprint density at radius 1 is 1.10 bits per heavy atom. The summed E-state index contributed by atoms with van der Waals surface area (Å²) in [6.45, 7) is 4.99. The molecule has 0 spiro atoms. The van der Waals surface area contributed by atoms with E-state index in [-0.39, 0.29) is 12.4 Å². The van der Waals surface area contributed by atoms with Crippen molar-refractivity contribution in [2.45, 2.75) is 31.2 Å². The third-order valence-electron chi connectivity index (χ3n) is 4.79. The van der Waals surface area contributed by atoms with Crippen LogP contribution in [0, 0.1) is 12.3 Å². The van der Waals surface area contributed by atoms with Gasteiger partial charge in [0.2, 0.25) is 0 Å². The number of hydrogen-bond donors (Lipinski definition) is 2. The van der Waals surface area contributed by atoms with Crippen LogP contribution in [0.4, 0.5) is 5.69 Å². The molecule has 0 radical (unpaired) electrons. The fraction of sp³-hybridized carbons (Fsp3) is 0.192. The lowest BCUT2D eigenvalue weighted by Crippen LogP contribution is -2.09. The molecule has 3 nitrogen and oxygen atoms in total. The Morgan fingerprint density at radius 3 is 2.53 bits per heavy atom. The predicted molar refractivity (Wildman–Crippen MR) is 126 cm³/mol.